The monoisotopic (exact) mass is 268 g/mol. The summed E-state index contributed by atoms with van der Waals surface area (Å²) in [5, 5.41) is 9.21. The number of H-pyrrole nitrogens is 1. The molecule has 0 aromatic carbocycles. The number of piperidine rings is 1. The molecule has 5 heteroatoms. The molecule has 15 heavy (non-hydrogen) atoms. The number of nitriles is 1. The fourth-order valence-corrected chi connectivity index (χ4v) is 2.42. The maximum absolute atomic E-state index is 9.21. The van der Waals surface area contributed by atoms with Gasteiger partial charge in [0.25, 0.3) is 0 Å². The van der Waals surface area contributed by atoms with Crippen LogP contribution >= 0.6 is 15.9 Å². The summed E-state index contributed by atoms with van der Waals surface area (Å²) in [5.41, 5.74) is 0.874. The molecular weight excluding hydrogens is 256 g/mol. The maximum atomic E-state index is 9.21. The van der Waals surface area contributed by atoms with E-state index >= 15 is 0 Å². The Kier molecular flexibility index (Phi) is 3.39. The molecule has 0 amide bonds. The smallest absolute Gasteiger partial charge is 0.141 e. The Balaban J connectivity index is 2.17. The molecule has 1 aromatic heterocycles. The molecule has 1 N–H and O–H groups in total. The van der Waals surface area contributed by atoms with Crippen molar-refractivity contribution in [3.63, 3.8) is 0 Å². The molecule has 1 saturated heterocycles. The summed E-state index contributed by atoms with van der Waals surface area (Å²) in [6.07, 6.45) is 5.26. The van der Waals surface area contributed by atoms with Gasteiger partial charge in [0.05, 0.1) is 18.1 Å². The first-order chi connectivity index (χ1) is 7.33. The zero-order valence-corrected chi connectivity index (χ0v) is 10.00. The molecule has 1 unspecified atom stereocenters. The van der Waals surface area contributed by atoms with E-state index < -0.39 is 0 Å². The van der Waals surface area contributed by atoms with Gasteiger partial charge in [0.2, 0.25) is 0 Å². The number of rotatable bonds is 2. The summed E-state index contributed by atoms with van der Waals surface area (Å²) in [4.78, 5) is 9.31. The Labute approximate surface area is 97.4 Å². The van der Waals surface area contributed by atoms with Crippen molar-refractivity contribution in [2.24, 2.45) is 0 Å². The summed E-state index contributed by atoms with van der Waals surface area (Å²) in [6, 6.07) is 2.15. The minimum Gasteiger partial charge on any atom is -0.345 e. The van der Waals surface area contributed by atoms with Gasteiger partial charge in [-0.2, -0.15) is 5.26 Å². The van der Waals surface area contributed by atoms with Crippen molar-refractivity contribution in [3.8, 4) is 6.07 Å². The molecule has 0 spiro atoms. The van der Waals surface area contributed by atoms with Crippen LogP contribution in [0.25, 0.3) is 0 Å². The van der Waals surface area contributed by atoms with Crippen molar-refractivity contribution in [1.82, 2.24) is 14.9 Å². The van der Waals surface area contributed by atoms with E-state index in [0.29, 0.717) is 0 Å². The minimum atomic E-state index is -0.192. The van der Waals surface area contributed by atoms with Crippen molar-refractivity contribution < 1.29 is 0 Å². The van der Waals surface area contributed by atoms with Gasteiger partial charge < -0.3 is 4.98 Å². The van der Waals surface area contributed by atoms with E-state index in [1.165, 1.54) is 19.3 Å². The summed E-state index contributed by atoms with van der Waals surface area (Å²) in [7, 11) is 0. The molecule has 1 atom stereocenters. The number of aromatic amines is 1. The van der Waals surface area contributed by atoms with Crippen LogP contribution in [0, 0.1) is 11.3 Å². The molecule has 80 valence electrons. The van der Waals surface area contributed by atoms with Gasteiger partial charge in [-0.15, -0.1) is 0 Å². The van der Waals surface area contributed by atoms with Crippen molar-refractivity contribution in [3.05, 3.63) is 16.6 Å². The highest BCUT2D eigenvalue weighted by Crippen LogP contribution is 2.26. The largest absolute Gasteiger partial charge is 0.345 e. The van der Waals surface area contributed by atoms with E-state index in [4.69, 9.17) is 0 Å². The summed E-state index contributed by atoms with van der Waals surface area (Å²) >= 11 is 3.35. The number of imidazole rings is 1. The van der Waals surface area contributed by atoms with E-state index in [2.05, 4.69) is 36.9 Å². The number of likely N-dealkylation sites (tertiary alicyclic amines) is 1. The second-order valence-electron chi connectivity index (χ2n) is 3.74. The number of nitrogens with one attached hydrogen (secondary N) is 1. The number of hydrogen-bond acceptors (Lipinski definition) is 3. The third-order valence-electron chi connectivity index (χ3n) is 2.77. The number of aromatic nitrogens is 2. The average Bonchev–Trinajstić information content (AvgIpc) is 2.68. The first-order valence-corrected chi connectivity index (χ1v) is 5.94. The van der Waals surface area contributed by atoms with E-state index in [-0.39, 0.29) is 6.04 Å². The van der Waals surface area contributed by atoms with Crippen LogP contribution in [-0.2, 0) is 0 Å². The highest BCUT2D eigenvalue weighted by molar-refractivity contribution is 9.10. The Morgan fingerprint density at radius 1 is 1.47 bits per heavy atom. The Morgan fingerprint density at radius 3 is 2.73 bits per heavy atom. The van der Waals surface area contributed by atoms with Crippen molar-refractivity contribution in [1.29, 1.82) is 5.26 Å². The van der Waals surface area contributed by atoms with E-state index in [1.54, 1.807) is 6.33 Å². The van der Waals surface area contributed by atoms with Crippen LogP contribution in [0.15, 0.2) is 10.9 Å². The standard InChI is InChI=1S/C10H13BrN4/c11-10-9(13-7-14-10)8(6-12)15-4-2-1-3-5-15/h7-8H,1-5H2,(H,13,14). The normalized spacial score (nSPS) is 19.7. The zero-order chi connectivity index (χ0) is 10.7. The van der Waals surface area contributed by atoms with Crippen molar-refractivity contribution in [2.45, 2.75) is 25.3 Å². The molecule has 4 nitrogen and oxygen atoms in total. The van der Waals surface area contributed by atoms with Crippen LogP contribution in [0.2, 0.25) is 0 Å². The van der Waals surface area contributed by atoms with Crippen LogP contribution in [0.5, 0.6) is 0 Å². The minimum absolute atomic E-state index is 0.192. The molecule has 1 fully saturated rings. The first kappa shape index (κ1) is 10.7. The van der Waals surface area contributed by atoms with Gasteiger partial charge in [0.15, 0.2) is 0 Å². The van der Waals surface area contributed by atoms with Gasteiger partial charge in [-0.25, -0.2) is 4.98 Å². The van der Waals surface area contributed by atoms with Gasteiger partial charge in [-0.1, -0.05) is 6.42 Å². The summed E-state index contributed by atoms with van der Waals surface area (Å²) in [6.45, 7) is 2.01. The summed E-state index contributed by atoms with van der Waals surface area (Å²) < 4.78 is 0.750. The van der Waals surface area contributed by atoms with Crippen LogP contribution in [0.1, 0.15) is 31.0 Å². The highest BCUT2D eigenvalue weighted by Gasteiger charge is 2.24. The van der Waals surface area contributed by atoms with Crippen molar-refractivity contribution >= 4 is 15.9 Å². The van der Waals surface area contributed by atoms with Gasteiger partial charge in [0.1, 0.15) is 10.6 Å². The van der Waals surface area contributed by atoms with Gasteiger partial charge in [-0.05, 0) is 41.9 Å². The average molecular weight is 269 g/mol. The zero-order valence-electron chi connectivity index (χ0n) is 8.41. The van der Waals surface area contributed by atoms with Gasteiger partial charge >= 0.3 is 0 Å². The predicted molar refractivity (Wildman–Crippen MR) is 60.1 cm³/mol. The SMILES string of the molecule is N#CC(c1[nH]cnc1Br)N1CCCCC1. The lowest BCUT2D eigenvalue weighted by molar-refractivity contribution is 0.193. The lowest BCUT2D eigenvalue weighted by Gasteiger charge is -2.29. The first-order valence-electron chi connectivity index (χ1n) is 5.15. The molecule has 0 radical (unpaired) electrons. The molecule has 2 rings (SSSR count). The van der Waals surface area contributed by atoms with Crippen LogP contribution in [0.4, 0.5) is 0 Å². The Bertz CT molecular complexity index is 362. The number of hydrogen-bond donors (Lipinski definition) is 1. The van der Waals surface area contributed by atoms with E-state index in [9.17, 15) is 5.26 Å². The fraction of sp³-hybridized carbons (Fsp3) is 0.600. The molecule has 1 aromatic rings. The maximum Gasteiger partial charge on any atom is 0.141 e. The lowest BCUT2D eigenvalue weighted by Crippen LogP contribution is -2.33. The molecule has 1 aliphatic heterocycles. The second kappa shape index (κ2) is 4.77. The van der Waals surface area contributed by atoms with Crippen LogP contribution in [0.3, 0.4) is 0 Å². The molecule has 2 heterocycles. The van der Waals surface area contributed by atoms with Crippen LogP contribution < -0.4 is 0 Å². The van der Waals surface area contributed by atoms with Gasteiger partial charge in [0, 0.05) is 0 Å². The third kappa shape index (κ3) is 2.21. The van der Waals surface area contributed by atoms with Gasteiger partial charge in [-0.3, -0.25) is 4.90 Å². The molecule has 0 saturated carbocycles. The Hall–Kier alpha value is -0.860. The van der Waals surface area contributed by atoms with Crippen molar-refractivity contribution in [2.75, 3.05) is 13.1 Å². The summed E-state index contributed by atoms with van der Waals surface area (Å²) in [5.74, 6) is 0. The molecule has 0 bridgehead atoms. The van der Waals surface area contributed by atoms with E-state index in [0.717, 1.165) is 23.4 Å². The second-order valence-corrected chi connectivity index (χ2v) is 4.49. The lowest BCUT2D eigenvalue weighted by atomic mass is 10.1. The number of halogens is 1. The highest BCUT2D eigenvalue weighted by atomic mass is 79.9. The molecule has 1 aliphatic rings. The quantitative estimate of drug-likeness (QED) is 0.895. The Morgan fingerprint density at radius 2 is 2.20 bits per heavy atom. The number of nitrogens with zero attached hydrogens (tertiary/aromatic N) is 3. The predicted octanol–water partition coefficient (Wildman–Crippen LogP) is 2.22. The van der Waals surface area contributed by atoms with Crippen LogP contribution in [-0.4, -0.2) is 28.0 Å². The van der Waals surface area contributed by atoms with E-state index in [1.807, 2.05) is 0 Å². The third-order valence-corrected chi connectivity index (χ3v) is 3.40. The topological polar surface area (TPSA) is 55.7 Å². The molecular formula is C10H13BrN4. The fourth-order valence-electron chi connectivity index (χ4n) is 1.98. The molecule has 0 aliphatic carbocycles.